The molecule has 1 saturated carbocycles. The zero-order valence-electron chi connectivity index (χ0n) is 14.9. The summed E-state index contributed by atoms with van der Waals surface area (Å²) in [5, 5.41) is 18.1. The van der Waals surface area contributed by atoms with Gasteiger partial charge in [0.25, 0.3) is 0 Å². The lowest BCUT2D eigenvalue weighted by Gasteiger charge is -2.35. The molecular formula is C19H29IN4O. The van der Waals surface area contributed by atoms with Gasteiger partial charge in [-0.25, -0.2) is 0 Å². The minimum atomic E-state index is -0.563. The van der Waals surface area contributed by atoms with Crippen molar-refractivity contribution in [1.82, 2.24) is 15.2 Å². The topological polar surface area (TPSA) is 61.6 Å². The molecule has 6 heteroatoms. The van der Waals surface area contributed by atoms with Crippen LogP contribution in [-0.4, -0.2) is 40.9 Å². The van der Waals surface area contributed by atoms with Gasteiger partial charge in [-0.3, -0.25) is 4.99 Å². The quantitative estimate of drug-likeness (QED) is 0.260. The van der Waals surface area contributed by atoms with E-state index in [0.29, 0.717) is 6.54 Å². The van der Waals surface area contributed by atoms with Crippen molar-refractivity contribution in [3.63, 3.8) is 0 Å². The predicted molar refractivity (Wildman–Crippen MR) is 115 cm³/mol. The molecule has 3 N–H and O–H groups in total. The van der Waals surface area contributed by atoms with E-state index in [1.54, 1.807) is 0 Å². The number of benzene rings is 1. The summed E-state index contributed by atoms with van der Waals surface area (Å²) in [6.07, 6.45) is 6.03. The fourth-order valence-corrected chi connectivity index (χ4v) is 3.10. The van der Waals surface area contributed by atoms with Crippen LogP contribution in [0, 0.1) is 0 Å². The van der Waals surface area contributed by atoms with E-state index in [-0.39, 0.29) is 24.0 Å². The standard InChI is InChI=1S/C19H28N4O.HI/c1-2-20-18(22-15-19(24)10-5-11-19)21-12-6-13-23-14-9-16-7-3-4-8-17(16)23;/h3-4,7-9,14,24H,2,5-6,10-13,15H2,1H3,(H2,20,21,22);1H. The second-order valence-electron chi connectivity index (χ2n) is 6.62. The summed E-state index contributed by atoms with van der Waals surface area (Å²) < 4.78 is 2.29. The van der Waals surface area contributed by atoms with Crippen molar-refractivity contribution >= 4 is 40.8 Å². The Bertz CT molecular complexity index is 694. The van der Waals surface area contributed by atoms with Gasteiger partial charge in [0.15, 0.2) is 5.96 Å². The summed E-state index contributed by atoms with van der Waals surface area (Å²) in [5.74, 6) is 0.801. The minimum Gasteiger partial charge on any atom is -0.388 e. The zero-order chi connectivity index (χ0) is 16.8. The Morgan fingerprint density at radius 3 is 2.76 bits per heavy atom. The van der Waals surface area contributed by atoms with Gasteiger partial charge in [0.05, 0.1) is 12.1 Å². The molecule has 0 radical (unpaired) electrons. The van der Waals surface area contributed by atoms with Crippen LogP contribution in [-0.2, 0) is 6.54 Å². The van der Waals surface area contributed by atoms with Crippen molar-refractivity contribution in [3.8, 4) is 0 Å². The molecule has 1 aliphatic rings. The van der Waals surface area contributed by atoms with Crippen LogP contribution < -0.4 is 10.6 Å². The van der Waals surface area contributed by atoms with Crippen molar-refractivity contribution in [2.75, 3.05) is 19.6 Å². The average molecular weight is 456 g/mol. The zero-order valence-corrected chi connectivity index (χ0v) is 17.2. The first kappa shape index (κ1) is 20.0. The van der Waals surface area contributed by atoms with Crippen molar-refractivity contribution < 1.29 is 5.11 Å². The molecule has 0 bridgehead atoms. The third-order valence-electron chi connectivity index (χ3n) is 4.71. The molecule has 0 spiro atoms. The van der Waals surface area contributed by atoms with E-state index >= 15 is 0 Å². The number of aliphatic hydroxyl groups is 1. The Kier molecular flexibility index (Phi) is 7.56. The highest BCUT2D eigenvalue weighted by atomic mass is 127. The number of aromatic nitrogens is 1. The van der Waals surface area contributed by atoms with Gasteiger partial charge in [-0.15, -0.1) is 24.0 Å². The Balaban J connectivity index is 0.00000225. The van der Waals surface area contributed by atoms with E-state index < -0.39 is 5.60 Å². The van der Waals surface area contributed by atoms with Crippen molar-refractivity contribution in [3.05, 3.63) is 36.5 Å². The molecule has 138 valence electrons. The fraction of sp³-hybridized carbons (Fsp3) is 0.526. The second-order valence-corrected chi connectivity index (χ2v) is 6.62. The minimum absolute atomic E-state index is 0. The maximum atomic E-state index is 10.2. The highest BCUT2D eigenvalue weighted by molar-refractivity contribution is 14.0. The first-order valence-corrected chi connectivity index (χ1v) is 8.99. The fourth-order valence-electron chi connectivity index (χ4n) is 3.10. The molecule has 0 unspecified atom stereocenters. The van der Waals surface area contributed by atoms with Gasteiger partial charge >= 0.3 is 0 Å². The number of guanidine groups is 1. The van der Waals surface area contributed by atoms with Crippen molar-refractivity contribution in [2.24, 2.45) is 4.99 Å². The molecule has 5 nitrogen and oxygen atoms in total. The van der Waals surface area contributed by atoms with Gasteiger partial charge in [-0.05, 0) is 50.1 Å². The molecule has 1 aliphatic carbocycles. The van der Waals surface area contributed by atoms with Gasteiger partial charge in [0.1, 0.15) is 0 Å². The summed E-state index contributed by atoms with van der Waals surface area (Å²) in [5.41, 5.74) is 0.720. The maximum absolute atomic E-state index is 10.2. The average Bonchev–Trinajstić information content (AvgIpc) is 2.98. The summed E-state index contributed by atoms with van der Waals surface area (Å²) in [6.45, 7) is 5.21. The SMILES string of the molecule is CCNC(=NCC1(O)CCC1)NCCCn1ccc2ccccc21.I. The van der Waals surface area contributed by atoms with Gasteiger partial charge in [-0.1, -0.05) is 18.2 Å². The third-order valence-corrected chi connectivity index (χ3v) is 4.71. The molecule has 25 heavy (non-hydrogen) atoms. The first-order valence-electron chi connectivity index (χ1n) is 8.99. The summed E-state index contributed by atoms with van der Waals surface area (Å²) in [4.78, 5) is 4.53. The largest absolute Gasteiger partial charge is 0.388 e. The normalized spacial score (nSPS) is 16.2. The number of para-hydroxylation sites is 1. The number of fused-ring (bicyclic) bond motifs is 1. The Labute approximate surface area is 166 Å². The number of nitrogens with one attached hydrogen (secondary N) is 2. The number of aliphatic imine (C=N–C) groups is 1. The van der Waals surface area contributed by atoms with E-state index in [0.717, 1.165) is 51.3 Å². The van der Waals surface area contributed by atoms with E-state index in [4.69, 9.17) is 0 Å². The lowest BCUT2D eigenvalue weighted by atomic mass is 9.80. The van der Waals surface area contributed by atoms with Crippen LogP contribution in [0.3, 0.4) is 0 Å². The van der Waals surface area contributed by atoms with Crippen LogP contribution in [0.2, 0.25) is 0 Å². The molecule has 0 aliphatic heterocycles. The number of aryl methyl sites for hydroxylation is 1. The Morgan fingerprint density at radius 1 is 1.24 bits per heavy atom. The van der Waals surface area contributed by atoms with Gasteiger partial charge in [-0.2, -0.15) is 0 Å². The summed E-state index contributed by atoms with van der Waals surface area (Å²) in [7, 11) is 0. The van der Waals surface area contributed by atoms with E-state index in [2.05, 4.69) is 63.6 Å². The molecule has 0 saturated heterocycles. The van der Waals surface area contributed by atoms with E-state index in [9.17, 15) is 5.11 Å². The Morgan fingerprint density at radius 2 is 2.04 bits per heavy atom. The van der Waals surface area contributed by atoms with E-state index in [1.807, 2.05) is 0 Å². The molecule has 1 aromatic heterocycles. The third kappa shape index (κ3) is 5.34. The van der Waals surface area contributed by atoms with E-state index in [1.165, 1.54) is 10.9 Å². The molecule has 1 fully saturated rings. The molecule has 1 aromatic carbocycles. The number of nitrogens with zero attached hydrogens (tertiary/aromatic N) is 2. The highest BCUT2D eigenvalue weighted by Gasteiger charge is 2.34. The van der Waals surface area contributed by atoms with Crippen LogP contribution in [0.5, 0.6) is 0 Å². The van der Waals surface area contributed by atoms with Crippen molar-refractivity contribution in [1.29, 1.82) is 0 Å². The maximum Gasteiger partial charge on any atom is 0.191 e. The lowest BCUT2D eigenvalue weighted by molar-refractivity contribution is -0.0236. The summed E-state index contributed by atoms with van der Waals surface area (Å²) in [6, 6.07) is 10.6. The number of halogens is 1. The van der Waals surface area contributed by atoms with Crippen LogP contribution >= 0.6 is 24.0 Å². The van der Waals surface area contributed by atoms with Crippen LogP contribution in [0.4, 0.5) is 0 Å². The van der Waals surface area contributed by atoms with Crippen LogP contribution in [0.15, 0.2) is 41.5 Å². The Hall–Kier alpha value is -1.28. The molecule has 0 amide bonds. The highest BCUT2D eigenvalue weighted by Crippen LogP contribution is 2.31. The predicted octanol–water partition coefficient (Wildman–Crippen LogP) is 3.12. The van der Waals surface area contributed by atoms with Crippen LogP contribution in [0.25, 0.3) is 10.9 Å². The number of hydrogen-bond donors (Lipinski definition) is 3. The van der Waals surface area contributed by atoms with Crippen LogP contribution in [0.1, 0.15) is 32.6 Å². The van der Waals surface area contributed by atoms with Crippen molar-refractivity contribution in [2.45, 2.75) is 44.8 Å². The molecular weight excluding hydrogens is 427 g/mol. The summed E-state index contributed by atoms with van der Waals surface area (Å²) >= 11 is 0. The smallest absolute Gasteiger partial charge is 0.191 e. The number of rotatable bonds is 7. The molecule has 1 heterocycles. The van der Waals surface area contributed by atoms with Gasteiger partial charge in [0.2, 0.25) is 0 Å². The van der Waals surface area contributed by atoms with Gasteiger partial charge in [0, 0.05) is 31.3 Å². The molecule has 0 atom stereocenters. The number of hydrogen-bond acceptors (Lipinski definition) is 2. The van der Waals surface area contributed by atoms with Gasteiger partial charge < -0.3 is 20.3 Å². The second kappa shape index (κ2) is 9.43. The monoisotopic (exact) mass is 456 g/mol. The molecule has 3 rings (SSSR count). The first-order chi connectivity index (χ1) is 11.7. The lowest BCUT2D eigenvalue weighted by Crippen LogP contribution is -2.43. The molecule has 2 aromatic rings.